The van der Waals surface area contributed by atoms with Crippen LogP contribution in [0.1, 0.15) is 12.5 Å². The molecule has 6 heteroatoms. The highest BCUT2D eigenvalue weighted by Gasteiger charge is 2.17. The lowest BCUT2D eigenvalue weighted by molar-refractivity contribution is -0.116. The van der Waals surface area contributed by atoms with Gasteiger partial charge in [0.2, 0.25) is 11.7 Å². The molecule has 0 bridgehead atoms. The maximum Gasteiger partial charge on any atom is 0.246 e. The van der Waals surface area contributed by atoms with Gasteiger partial charge in [0.25, 0.3) is 0 Å². The van der Waals surface area contributed by atoms with Gasteiger partial charge in [0.1, 0.15) is 6.04 Å². The SMILES string of the molecule is COc1cc(NC(C)C(=O)Nc2cccc(C)c2)cc(OC)c1OC. The van der Waals surface area contributed by atoms with Crippen LogP contribution in [0.25, 0.3) is 0 Å². The van der Waals surface area contributed by atoms with E-state index < -0.39 is 6.04 Å². The number of carbonyl (C=O) groups excluding carboxylic acids is 1. The largest absolute Gasteiger partial charge is 0.493 e. The van der Waals surface area contributed by atoms with Gasteiger partial charge < -0.3 is 24.8 Å². The number of hydrogen-bond donors (Lipinski definition) is 2. The Morgan fingerprint density at radius 2 is 1.60 bits per heavy atom. The molecule has 0 radical (unpaired) electrons. The zero-order valence-electron chi connectivity index (χ0n) is 15.2. The van der Waals surface area contributed by atoms with E-state index in [1.807, 2.05) is 31.2 Å². The molecule has 1 unspecified atom stereocenters. The molecule has 0 aliphatic heterocycles. The summed E-state index contributed by atoms with van der Waals surface area (Å²) in [6, 6.07) is 10.7. The van der Waals surface area contributed by atoms with Gasteiger partial charge in [-0.3, -0.25) is 4.79 Å². The van der Waals surface area contributed by atoms with Crippen molar-refractivity contribution in [2.24, 2.45) is 0 Å². The minimum Gasteiger partial charge on any atom is -0.493 e. The lowest BCUT2D eigenvalue weighted by Gasteiger charge is -2.18. The molecule has 0 aliphatic rings. The summed E-state index contributed by atoms with van der Waals surface area (Å²) in [5.41, 5.74) is 2.55. The van der Waals surface area contributed by atoms with Crippen LogP contribution >= 0.6 is 0 Å². The average molecular weight is 344 g/mol. The first kappa shape index (κ1) is 18.4. The standard InChI is InChI=1S/C19H24N2O4/c1-12-7-6-8-14(9-12)21-19(22)13(2)20-15-10-16(23-3)18(25-5)17(11-15)24-4/h6-11,13,20H,1-5H3,(H,21,22). The van der Waals surface area contributed by atoms with Crippen molar-refractivity contribution in [3.05, 3.63) is 42.0 Å². The predicted molar refractivity (Wildman–Crippen MR) is 99.0 cm³/mol. The van der Waals surface area contributed by atoms with Crippen LogP contribution in [0.4, 0.5) is 11.4 Å². The third kappa shape index (κ3) is 4.56. The Hall–Kier alpha value is -2.89. The first-order chi connectivity index (χ1) is 12.0. The van der Waals surface area contributed by atoms with E-state index >= 15 is 0 Å². The summed E-state index contributed by atoms with van der Waals surface area (Å²) in [7, 11) is 4.65. The van der Waals surface area contributed by atoms with Crippen LogP contribution in [-0.4, -0.2) is 33.3 Å². The molecule has 0 spiro atoms. The van der Waals surface area contributed by atoms with Crippen LogP contribution < -0.4 is 24.8 Å². The Balaban J connectivity index is 2.13. The Kier molecular flexibility index (Phi) is 6.11. The summed E-state index contributed by atoms with van der Waals surface area (Å²) in [5.74, 6) is 1.41. The first-order valence-corrected chi connectivity index (χ1v) is 7.92. The molecule has 2 aromatic carbocycles. The second-order valence-corrected chi connectivity index (χ2v) is 5.64. The van der Waals surface area contributed by atoms with Gasteiger partial charge in [-0.05, 0) is 31.5 Å². The van der Waals surface area contributed by atoms with E-state index in [-0.39, 0.29) is 5.91 Å². The summed E-state index contributed by atoms with van der Waals surface area (Å²) in [5, 5.41) is 6.04. The van der Waals surface area contributed by atoms with E-state index in [1.165, 1.54) is 0 Å². The molecule has 2 aromatic rings. The minimum atomic E-state index is -0.455. The number of hydrogen-bond acceptors (Lipinski definition) is 5. The van der Waals surface area contributed by atoms with Crippen LogP contribution in [0.5, 0.6) is 17.2 Å². The summed E-state index contributed by atoms with van der Waals surface area (Å²) in [6.07, 6.45) is 0. The highest BCUT2D eigenvalue weighted by molar-refractivity contribution is 5.96. The van der Waals surface area contributed by atoms with Crippen LogP contribution in [0.2, 0.25) is 0 Å². The van der Waals surface area contributed by atoms with Crippen molar-refractivity contribution < 1.29 is 19.0 Å². The Morgan fingerprint density at radius 1 is 0.960 bits per heavy atom. The average Bonchev–Trinajstić information content (AvgIpc) is 2.60. The van der Waals surface area contributed by atoms with E-state index in [9.17, 15) is 4.79 Å². The fraction of sp³-hybridized carbons (Fsp3) is 0.316. The number of aryl methyl sites for hydroxylation is 1. The highest BCUT2D eigenvalue weighted by atomic mass is 16.5. The summed E-state index contributed by atoms with van der Waals surface area (Å²) in [6.45, 7) is 3.77. The van der Waals surface area contributed by atoms with Gasteiger partial charge in [-0.15, -0.1) is 0 Å². The molecule has 0 saturated carbocycles. The summed E-state index contributed by atoms with van der Waals surface area (Å²) < 4.78 is 15.9. The quantitative estimate of drug-likeness (QED) is 0.805. The molecular weight excluding hydrogens is 320 g/mol. The minimum absolute atomic E-state index is 0.139. The number of benzene rings is 2. The van der Waals surface area contributed by atoms with E-state index in [0.29, 0.717) is 22.9 Å². The maximum absolute atomic E-state index is 12.4. The van der Waals surface area contributed by atoms with Gasteiger partial charge in [0, 0.05) is 23.5 Å². The summed E-state index contributed by atoms with van der Waals surface area (Å²) in [4.78, 5) is 12.4. The lowest BCUT2D eigenvalue weighted by atomic mass is 10.2. The van der Waals surface area contributed by atoms with E-state index in [2.05, 4.69) is 10.6 Å². The fourth-order valence-electron chi connectivity index (χ4n) is 2.45. The first-order valence-electron chi connectivity index (χ1n) is 7.92. The molecule has 2 rings (SSSR count). The molecule has 0 aromatic heterocycles. The van der Waals surface area contributed by atoms with Gasteiger partial charge in [-0.25, -0.2) is 0 Å². The van der Waals surface area contributed by atoms with Gasteiger partial charge >= 0.3 is 0 Å². The van der Waals surface area contributed by atoms with Crippen molar-refractivity contribution >= 4 is 17.3 Å². The van der Waals surface area contributed by atoms with E-state index in [4.69, 9.17) is 14.2 Å². The maximum atomic E-state index is 12.4. The van der Waals surface area contributed by atoms with Crippen molar-refractivity contribution in [1.82, 2.24) is 0 Å². The zero-order chi connectivity index (χ0) is 18.4. The molecule has 2 N–H and O–H groups in total. The zero-order valence-corrected chi connectivity index (χ0v) is 15.2. The summed E-state index contributed by atoms with van der Waals surface area (Å²) >= 11 is 0. The van der Waals surface area contributed by atoms with Gasteiger partial charge in [0.15, 0.2) is 11.5 Å². The molecule has 0 fully saturated rings. The normalized spacial score (nSPS) is 11.4. The molecule has 6 nitrogen and oxygen atoms in total. The van der Waals surface area contributed by atoms with Gasteiger partial charge in [0.05, 0.1) is 21.3 Å². The number of anilines is 2. The monoisotopic (exact) mass is 344 g/mol. The van der Waals surface area contributed by atoms with Crippen molar-refractivity contribution in [1.29, 1.82) is 0 Å². The van der Waals surface area contributed by atoms with Crippen LogP contribution in [-0.2, 0) is 4.79 Å². The Morgan fingerprint density at radius 3 is 2.12 bits per heavy atom. The number of ether oxygens (including phenoxy) is 3. The lowest BCUT2D eigenvalue weighted by Crippen LogP contribution is -2.31. The molecule has 1 atom stereocenters. The van der Waals surface area contributed by atoms with Crippen LogP contribution in [0.3, 0.4) is 0 Å². The molecule has 134 valence electrons. The van der Waals surface area contributed by atoms with Crippen molar-refractivity contribution in [3.63, 3.8) is 0 Å². The predicted octanol–water partition coefficient (Wildman–Crippen LogP) is 3.46. The molecule has 1 amide bonds. The van der Waals surface area contributed by atoms with Gasteiger partial charge in [-0.2, -0.15) is 0 Å². The molecule has 0 heterocycles. The molecular formula is C19H24N2O4. The van der Waals surface area contributed by atoms with Crippen LogP contribution in [0, 0.1) is 6.92 Å². The smallest absolute Gasteiger partial charge is 0.246 e. The van der Waals surface area contributed by atoms with Crippen LogP contribution in [0.15, 0.2) is 36.4 Å². The molecule has 0 saturated heterocycles. The number of rotatable bonds is 7. The van der Waals surface area contributed by atoms with Crippen molar-refractivity contribution in [3.8, 4) is 17.2 Å². The number of nitrogens with one attached hydrogen (secondary N) is 2. The Bertz CT molecular complexity index is 721. The second kappa shape index (κ2) is 8.28. The number of methoxy groups -OCH3 is 3. The third-order valence-corrected chi connectivity index (χ3v) is 3.73. The number of carbonyl (C=O) groups is 1. The molecule has 0 aliphatic carbocycles. The Labute approximate surface area is 148 Å². The fourth-order valence-corrected chi connectivity index (χ4v) is 2.45. The second-order valence-electron chi connectivity index (χ2n) is 5.64. The molecule has 25 heavy (non-hydrogen) atoms. The van der Waals surface area contributed by atoms with Crippen molar-refractivity contribution in [2.45, 2.75) is 19.9 Å². The topological polar surface area (TPSA) is 68.8 Å². The third-order valence-electron chi connectivity index (χ3n) is 3.73. The number of amides is 1. The van der Waals surface area contributed by atoms with Crippen molar-refractivity contribution in [2.75, 3.05) is 32.0 Å². The van der Waals surface area contributed by atoms with E-state index in [0.717, 1.165) is 11.3 Å². The van der Waals surface area contributed by atoms with E-state index in [1.54, 1.807) is 40.4 Å². The highest BCUT2D eigenvalue weighted by Crippen LogP contribution is 2.40. The van der Waals surface area contributed by atoms with Gasteiger partial charge in [-0.1, -0.05) is 12.1 Å².